The van der Waals surface area contributed by atoms with Crippen molar-refractivity contribution in [1.29, 1.82) is 0 Å². The number of aliphatic hydroxyl groups excluding tert-OH is 2. The lowest BCUT2D eigenvalue weighted by atomic mass is 10.0. The summed E-state index contributed by atoms with van der Waals surface area (Å²) >= 11 is 0. The molecule has 0 fully saturated rings. The summed E-state index contributed by atoms with van der Waals surface area (Å²) in [7, 11) is 0. The van der Waals surface area contributed by atoms with Crippen LogP contribution in [0.4, 0.5) is 0 Å². The van der Waals surface area contributed by atoms with E-state index in [0.717, 1.165) is 51.4 Å². The average Bonchev–Trinajstić information content (AvgIpc) is 3.38. The van der Waals surface area contributed by atoms with Crippen molar-refractivity contribution in [2.24, 2.45) is 0 Å². The maximum absolute atomic E-state index is 12.4. The zero-order valence-corrected chi connectivity index (χ0v) is 48.4. The summed E-state index contributed by atoms with van der Waals surface area (Å²) in [5, 5.41) is 23.1. The molecule has 1 amide bonds. The molecular formula is C66H125NO5. The van der Waals surface area contributed by atoms with Crippen LogP contribution in [0.5, 0.6) is 0 Å². The van der Waals surface area contributed by atoms with Crippen molar-refractivity contribution in [2.45, 2.75) is 360 Å². The number of unbranched alkanes of at least 4 members (excludes halogenated alkanes) is 43. The second kappa shape index (κ2) is 61.6. The Bertz CT molecular complexity index is 1170. The molecule has 424 valence electrons. The Balaban J connectivity index is 3.34. The maximum atomic E-state index is 12.4. The Morgan fingerprint density at radius 1 is 0.389 bits per heavy atom. The van der Waals surface area contributed by atoms with Crippen molar-refractivity contribution < 1.29 is 24.5 Å². The first-order valence-electron chi connectivity index (χ1n) is 32.2. The normalized spacial score (nSPS) is 12.8. The molecule has 6 nitrogen and oxygen atoms in total. The van der Waals surface area contributed by atoms with Crippen LogP contribution in [0.3, 0.4) is 0 Å². The van der Waals surface area contributed by atoms with Gasteiger partial charge in [0.1, 0.15) is 0 Å². The van der Waals surface area contributed by atoms with Crippen LogP contribution >= 0.6 is 0 Å². The maximum Gasteiger partial charge on any atom is 0.305 e. The van der Waals surface area contributed by atoms with Gasteiger partial charge in [-0.2, -0.15) is 0 Å². The summed E-state index contributed by atoms with van der Waals surface area (Å²) in [6.45, 7) is 4.92. The molecular weight excluding hydrogens is 887 g/mol. The van der Waals surface area contributed by atoms with Crippen molar-refractivity contribution >= 4 is 11.9 Å². The molecule has 0 saturated carbocycles. The van der Waals surface area contributed by atoms with E-state index in [9.17, 15) is 19.8 Å². The quantitative estimate of drug-likeness (QED) is 0.0320. The fourth-order valence-electron chi connectivity index (χ4n) is 9.96. The van der Waals surface area contributed by atoms with E-state index in [-0.39, 0.29) is 18.5 Å². The van der Waals surface area contributed by atoms with Gasteiger partial charge in [0.05, 0.1) is 25.4 Å². The van der Waals surface area contributed by atoms with Crippen LogP contribution in [-0.4, -0.2) is 47.4 Å². The number of rotatable bonds is 60. The molecule has 0 saturated heterocycles. The number of carbonyl (C=O) groups excluding carboxylic acids is 2. The Morgan fingerprint density at radius 2 is 0.694 bits per heavy atom. The Kier molecular flexibility index (Phi) is 60.0. The molecule has 0 aromatic carbocycles. The van der Waals surface area contributed by atoms with Crippen LogP contribution in [-0.2, 0) is 14.3 Å². The molecule has 3 N–H and O–H groups in total. The third-order valence-electron chi connectivity index (χ3n) is 14.9. The van der Waals surface area contributed by atoms with E-state index in [1.807, 2.05) is 0 Å². The molecule has 2 unspecified atom stereocenters. The summed E-state index contributed by atoms with van der Waals surface area (Å²) < 4.78 is 5.50. The Morgan fingerprint density at radius 3 is 1.10 bits per heavy atom. The summed E-state index contributed by atoms with van der Waals surface area (Å²) in [4.78, 5) is 24.5. The minimum Gasteiger partial charge on any atom is -0.466 e. The van der Waals surface area contributed by atoms with Gasteiger partial charge in [0.25, 0.3) is 0 Å². The minimum atomic E-state index is -0.662. The van der Waals surface area contributed by atoms with E-state index in [1.54, 1.807) is 0 Å². The molecule has 0 aromatic heterocycles. The molecule has 0 aliphatic carbocycles. The third kappa shape index (κ3) is 57.4. The van der Waals surface area contributed by atoms with Crippen LogP contribution < -0.4 is 5.32 Å². The lowest BCUT2D eigenvalue weighted by Crippen LogP contribution is -2.45. The van der Waals surface area contributed by atoms with E-state index in [1.165, 1.54) is 263 Å². The van der Waals surface area contributed by atoms with Crippen molar-refractivity contribution in [3.8, 4) is 0 Å². The number of hydrogen-bond donors (Lipinski definition) is 3. The van der Waals surface area contributed by atoms with Gasteiger partial charge in [0.2, 0.25) is 5.91 Å². The van der Waals surface area contributed by atoms with Crippen molar-refractivity contribution in [3.63, 3.8) is 0 Å². The van der Waals surface area contributed by atoms with Gasteiger partial charge >= 0.3 is 5.97 Å². The standard InChI is InChI=1S/C66H125NO5/c1-3-5-7-9-11-13-14-15-16-17-27-31-34-37-40-44-48-52-56-60-66(71)72-61-57-53-49-45-41-38-35-32-29-26-24-22-20-18-19-21-23-25-28-30-33-36-39-43-47-51-55-59-65(70)67-63(62-68)64(69)58-54-50-46-42-12-10-8-6-4-2/h11,13,15-16,18-19,63-64,68-69H,3-10,12,14,17,20-62H2,1-2H3,(H,67,70)/b13-11-,16-15-,19-18-. The molecule has 0 heterocycles. The summed E-state index contributed by atoms with van der Waals surface area (Å²) in [5.74, 6) is -0.0262. The largest absolute Gasteiger partial charge is 0.466 e. The number of allylic oxidation sites excluding steroid dienone is 6. The predicted molar refractivity (Wildman–Crippen MR) is 315 cm³/mol. The average molecular weight is 1010 g/mol. The second-order valence-corrected chi connectivity index (χ2v) is 22.1. The Hall–Kier alpha value is -1.92. The van der Waals surface area contributed by atoms with Gasteiger partial charge in [0.15, 0.2) is 0 Å². The van der Waals surface area contributed by atoms with Gasteiger partial charge in [-0.3, -0.25) is 9.59 Å². The third-order valence-corrected chi connectivity index (χ3v) is 14.9. The zero-order chi connectivity index (χ0) is 52.2. The molecule has 0 aliphatic rings. The molecule has 72 heavy (non-hydrogen) atoms. The lowest BCUT2D eigenvalue weighted by Gasteiger charge is -2.22. The first-order chi connectivity index (χ1) is 35.5. The van der Waals surface area contributed by atoms with Crippen LogP contribution in [0, 0.1) is 0 Å². The van der Waals surface area contributed by atoms with Gasteiger partial charge in [-0.1, -0.05) is 288 Å². The van der Waals surface area contributed by atoms with E-state index >= 15 is 0 Å². The van der Waals surface area contributed by atoms with Crippen LogP contribution in [0.2, 0.25) is 0 Å². The number of esters is 1. The molecule has 0 aliphatic heterocycles. The fourth-order valence-corrected chi connectivity index (χ4v) is 9.96. The number of amides is 1. The number of ether oxygens (including phenoxy) is 1. The first-order valence-corrected chi connectivity index (χ1v) is 32.2. The molecule has 0 bridgehead atoms. The van der Waals surface area contributed by atoms with E-state index in [2.05, 4.69) is 55.6 Å². The summed E-state index contributed by atoms with van der Waals surface area (Å²) in [5.41, 5.74) is 0. The molecule has 6 heteroatoms. The highest BCUT2D eigenvalue weighted by molar-refractivity contribution is 5.76. The monoisotopic (exact) mass is 1010 g/mol. The molecule has 2 atom stereocenters. The highest BCUT2D eigenvalue weighted by Crippen LogP contribution is 2.17. The first kappa shape index (κ1) is 70.1. The SMILES string of the molecule is CCCCC/C=C\C/C=C\CCCCCCCCCCCC(=O)OCCCCCCCCCCCCCC/C=C\CCCCCCCCCCCCCC(=O)NC(CO)C(O)CCCCCCCCCCC. The van der Waals surface area contributed by atoms with Gasteiger partial charge in [-0.05, 0) is 83.5 Å². The van der Waals surface area contributed by atoms with Gasteiger partial charge in [-0.25, -0.2) is 0 Å². The van der Waals surface area contributed by atoms with Crippen molar-refractivity contribution in [1.82, 2.24) is 5.32 Å². The van der Waals surface area contributed by atoms with Crippen LogP contribution in [0.25, 0.3) is 0 Å². The lowest BCUT2D eigenvalue weighted by molar-refractivity contribution is -0.143. The summed E-state index contributed by atoms with van der Waals surface area (Å²) in [6.07, 6.45) is 77.5. The smallest absolute Gasteiger partial charge is 0.305 e. The van der Waals surface area contributed by atoms with Crippen LogP contribution in [0.15, 0.2) is 36.5 Å². The number of hydrogen-bond acceptors (Lipinski definition) is 5. The fraction of sp³-hybridized carbons (Fsp3) is 0.879. The van der Waals surface area contributed by atoms with Gasteiger partial charge in [-0.15, -0.1) is 0 Å². The highest BCUT2D eigenvalue weighted by atomic mass is 16.5. The van der Waals surface area contributed by atoms with E-state index < -0.39 is 12.1 Å². The van der Waals surface area contributed by atoms with Crippen molar-refractivity contribution in [3.05, 3.63) is 36.5 Å². The highest BCUT2D eigenvalue weighted by Gasteiger charge is 2.20. The molecule has 0 spiro atoms. The zero-order valence-electron chi connectivity index (χ0n) is 48.4. The topological polar surface area (TPSA) is 95.9 Å². The molecule has 0 radical (unpaired) electrons. The van der Waals surface area contributed by atoms with Crippen molar-refractivity contribution in [2.75, 3.05) is 13.2 Å². The number of nitrogens with one attached hydrogen (secondary N) is 1. The molecule has 0 aromatic rings. The van der Waals surface area contributed by atoms with Gasteiger partial charge in [0, 0.05) is 12.8 Å². The van der Waals surface area contributed by atoms with Crippen LogP contribution in [0.1, 0.15) is 348 Å². The van der Waals surface area contributed by atoms with Gasteiger partial charge < -0.3 is 20.3 Å². The number of carbonyl (C=O) groups is 2. The number of aliphatic hydroxyl groups is 2. The molecule has 0 rings (SSSR count). The van der Waals surface area contributed by atoms with E-state index in [0.29, 0.717) is 25.9 Å². The van der Waals surface area contributed by atoms with E-state index in [4.69, 9.17) is 4.74 Å². The summed E-state index contributed by atoms with van der Waals surface area (Å²) in [6, 6.07) is -0.540. The predicted octanol–water partition coefficient (Wildman–Crippen LogP) is 20.4. The Labute approximate surface area is 449 Å². The minimum absolute atomic E-state index is 0.0113. The second-order valence-electron chi connectivity index (χ2n) is 22.1.